The van der Waals surface area contributed by atoms with Crippen molar-refractivity contribution in [2.24, 2.45) is 5.41 Å². The molecule has 1 saturated heterocycles. The molecule has 1 nitrogen and oxygen atoms in total. The quantitative estimate of drug-likeness (QED) is 0.210. The van der Waals surface area contributed by atoms with Crippen molar-refractivity contribution >= 4 is 18.4 Å². The first-order chi connectivity index (χ1) is 11.7. The Morgan fingerprint density at radius 3 is 1.75 bits per heavy atom. The van der Waals surface area contributed by atoms with Gasteiger partial charge in [-0.2, -0.15) is 0 Å². The van der Waals surface area contributed by atoms with Gasteiger partial charge in [-0.05, 0) is 0 Å². The van der Waals surface area contributed by atoms with E-state index in [9.17, 15) is 0 Å². The van der Waals surface area contributed by atoms with Crippen LogP contribution in [-0.2, 0) is 4.74 Å². The summed E-state index contributed by atoms with van der Waals surface area (Å²) in [4.78, 5) is 0. The van der Waals surface area contributed by atoms with Gasteiger partial charge < -0.3 is 0 Å². The van der Waals surface area contributed by atoms with E-state index in [-0.39, 0.29) is 0 Å². The average molecular weight is 443 g/mol. The van der Waals surface area contributed by atoms with Crippen molar-refractivity contribution in [1.82, 2.24) is 0 Å². The Morgan fingerprint density at radius 1 is 0.833 bits per heavy atom. The molecule has 1 rings (SSSR count). The Labute approximate surface area is 156 Å². The van der Waals surface area contributed by atoms with E-state index in [1.807, 2.05) is 0 Å². The molecule has 1 heterocycles. The number of hydrogen-bond acceptors (Lipinski definition) is 1. The van der Waals surface area contributed by atoms with E-state index in [4.69, 9.17) is 4.74 Å². The first kappa shape index (κ1) is 22.5. The Kier molecular flexibility index (Phi) is 12.0. The molecule has 0 atom stereocenters. The van der Waals surface area contributed by atoms with E-state index in [2.05, 4.69) is 39.8 Å². The monoisotopic (exact) mass is 444 g/mol. The average Bonchev–Trinajstić information content (AvgIpc) is 2.63. The van der Waals surface area contributed by atoms with Crippen LogP contribution in [0.4, 0.5) is 0 Å². The summed E-state index contributed by atoms with van der Waals surface area (Å²) in [5.41, 5.74) is 0.454. The second kappa shape index (κ2) is 12.8. The molecule has 0 N–H and O–H groups in total. The number of ether oxygens (including phenoxy) is 1. The Morgan fingerprint density at radius 2 is 1.33 bits per heavy atom. The third kappa shape index (κ3) is 7.81. The zero-order valence-corrected chi connectivity index (χ0v) is 20.0. The molecular weight excluding hydrogens is 399 g/mol. The zero-order chi connectivity index (χ0) is 17.7. The van der Waals surface area contributed by atoms with E-state index in [0.717, 1.165) is 13.2 Å². The normalized spacial score (nSPS) is 18.3. The fourth-order valence-corrected chi connectivity index (χ4v) is 19.4. The van der Waals surface area contributed by atoms with Gasteiger partial charge in [0.25, 0.3) is 0 Å². The molecule has 1 aliphatic heterocycles. The fourth-order valence-electron chi connectivity index (χ4n) is 4.31. The van der Waals surface area contributed by atoms with Crippen molar-refractivity contribution in [2.45, 2.75) is 103 Å². The van der Waals surface area contributed by atoms with Crippen molar-refractivity contribution in [3.8, 4) is 0 Å². The Bertz CT molecular complexity index is 309. The number of hydrogen-bond donors (Lipinski definition) is 0. The third-order valence-corrected chi connectivity index (χ3v) is 21.7. The van der Waals surface area contributed by atoms with E-state index >= 15 is 0 Å². The van der Waals surface area contributed by atoms with Gasteiger partial charge in [0, 0.05) is 0 Å². The molecule has 0 saturated carbocycles. The molecule has 1 fully saturated rings. The summed E-state index contributed by atoms with van der Waals surface area (Å²) in [6, 6.07) is 0. The fraction of sp³-hybridized carbons (Fsp3) is 0.909. The minimum absolute atomic E-state index is 0.454. The summed E-state index contributed by atoms with van der Waals surface area (Å²) in [6.07, 6.45) is 17.7. The van der Waals surface area contributed by atoms with Crippen LogP contribution in [0.25, 0.3) is 0 Å². The Balaban J connectivity index is 2.77. The van der Waals surface area contributed by atoms with Gasteiger partial charge in [0.05, 0.1) is 0 Å². The third-order valence-electron chi connectivity index (χ3n) is 6.40. The van der Waals surface area contributed by atoms with Crippen LogP contribution >= 0.6 is 0 Å². The van der Waals surface area contributed by atoms with Crippen LogP contribution in [0.2, 0.25) is 17.7 Å². The van der Waals surface area contributed by atoms with Gasteiger partial charge in [-0.25, -0.2) is 0 Å². The Hall–Kier alpha value is 0.499. The first-order valence-electron chi connectivity index (χ1n) is 10.9. The van der Waals surface area contributed by atoms with Crippen LogP contribution in [0, 0.1) is 5.41 Å². The van der Waals surface area contributed by atoms with Crippen molar-refractivity contribution in [3.05, 3.63) is 12.2 Å². The van der Waals surface area contributed by atoms with Crippen molar-refractivity contribution < 1.29 is 4.74 Å². The molecule has 0 unspecified atom stereocenters. The second-order valence-electron chi connectivity index (χ2n) is 8.25. The molecule has 0 aromatic rings. The van der Waals surface area contributed by atoms with Gasteiger partial charge in [-0.3, -0.25) is 0 Å². The van der Waals surface area contributed by atoms with E-state index < -0.39 is 18.4 Å². The van der Waals surface area contributed by atoms with Crippen LogP contribution in [0.3, 0.4) is 0 Å². The molecule has 0 aromatic carbocycles. The van der Waals surface area contributed by atoms with Crippen molar-refractivity contribution in [3.63, 3.8) is 0 Å². The van der Waals surface area contributed by atoms with Crippen molar-refractivity contribution in [2.75, 3.05) is 13.2 Å². The van der Waals surface area contributed by atoms with Gasteiger partial charge in [0.15, 0.2) is 0 Å². The summed E-state index contributed by atoms with van der Waals surface area (Å²) < 4.78 is 12.0. The first-order valence-corrected chi connectivity index (χ1v) is 19.0. The number of unbranched alkanes of at least 4 members (excludes halogenated alkanes) is 3. The molecule has 142 valence electrons. The van der Waals surface area contributed by atoms with Crippen LogP contribution in [0.15, 0.2) is 12.2 Å². The van der Waals surface area contributed by atoms with Gasteiger partial charge in [-0.1, -0.05) is 0 Å². The van der Waals surface area contributed by atoms with Gasteiger partial charge >= 0.3 is 157 Å². The molecule has 1 aliphatic rings. The maximum atomic E-state index is 5.61. The maximum absolute atomic E-state index is 5.61. The summed E-state index contributed by atoms with van der Waals surface area (Å²) >= 11 is -1.96. The predicted octanol–water partition coefficient (Wildman–Crippen LogP) is 7.60. The van der Waals surface area contributed by atoms with E-state index in [1.54, 1.807) is 13.3 Å². The van der Waals surface area contributed by atoms with Crippen LogP contribution in [-0.4, -0.2) is 31.6 Å². The molecular formula is C22H44OSn. The van der Waals surface area contributed by atoms with Crippen molar-refractivity contribution in [1.29, 1.82) is 0 Å². The second-order valence-corrected chi connectivity index (χ2v) is 22.3. The zero-order valence-electron chi connectivity index (χ0n) is 17.2. The topological polar surface area (TPSA) is 9.23 Å². The van der Waals surface area contributed by atoms with E-state index in [1.165, 1.54) is 62.2 Å². The summed E-state index contributed by atoms with van der Waals surface area (Å²) in [5.74, 6) is 0. The summed E-state index contributed by atoms with van der Waals surface area (Å²) in [7, 11) is 0. The minimum atomic E-state index is -1.96. The predicted molar refractivity (Wildman–Crippen MR) is 112 cm³/mol. The van der Waals surface area contributed by atoms with Gasteiger partial charge in [0.1, 0.15) is 0 Å². The molecule has 0 aliphatic carbocycles. The molecule has 0 spiro atoms. The molecule has 24 heavy (non-hydrogen) atoms. The number of rotatable bonds is 13. The van der Waals surface area contributed by atoms with Gasteiger partial charge in [-0.15, -0.1) is 0 Å². The molecule has 0 aromatic heterocycles. The van der Waals surface area contributed by atoms with Crippen LogP contribution in [0.1, 0.15) is 85.5 Å². The molecule has 2 heteroatoms. The number of allylic oxidation sites excluding steroid dienone is 2. The molecule has 0 radical (unpaired) electrons. The molecule has 0 amide bonds. The summed E-state index contributed by atoms with van der Waals surface area (Å²) in [5, 5.41) is 0. The van der Waals surface area contributed by atoms with Crippen LogP contribution in [0.5, 0.6) is 0 Å². The molecule has 0 bridgehead atoms. The van der Waals surface area contributed by atoms with Gasteiger partial charge in [0.2, 0.25) is 0 Å². The SMILES string of the molecule is CCC[CH2][Sn]([CH2]C=CC1(CC)CCOCC1)([CH2]CCC)[CH2]CCC. The van der Waals surface area contributed by atoms with Crippen LogP contribution < -0.4 is 0 Å². The summed E-state index contributed by atoms with van der Waals surface area (Å²) in [6.45, 7) is 11.4. The van der Waals surface area contributed by atoms with E-state index in [0.29, 0.717) is 5.41 Å². The standard InChI is InChI=1S/C10H17O.3C4H9.Sn/c1-3-5-10(4-2)6-8-11-9-7-10;3*1-3-4-2;/h3,5H,1,4,6-9H2,2H3;3*1,3-4H2,2H3;.